The lowest BCUT2D eigenvalue weighted by Crippen LogP contribution is -2.09. The van der Waals surface area contributed by atoms with Crippen LogP contribution < -0.4 is 0 Å². The molecule has 86 valence electrons. The second-order valence-electron chi connectivity index (χ2n) is 4.20. The molecule has 0 bridgehead atoms. The fraction of sp³-hybridized carbons (Fsp3) is 0. The quantitative estimate of drug-likeness (QED) is 0.481. The summed E-state index contributed by atoms with van der Waals surface area (Å²) in [6, 6.07) is 10.8. The fourth-order valence-electron chi connectivity index (χ4n) is 2.43. The Bertz CT molecular complexity index is 820. The Morgan fingerprint density at radius 1 is 1.06 bits per heavy atom. The molecule has 4 rings (SSSR count). The minimum Gasteiger partial charge on any atom is -0.355 e. The smallest absolute Gasteiger partial charge is 0.196 e. The molecule has 0 aliphatic heterocycles. The van der Waals surface area contributed by atoms with Gasteiger partial charge in [0.25, 0.3) is 0 Å². The molecule has 4 heteroatoms. The lowest BCUT2D eigenvalue weighted by Gasteiger charge is -2.14. The number of ketones is 1. The highest BCUT2D eigenvalue weighted by Crippen LogP contribution is 2.41. The Labute approximate surface area is 107 Å². The maximum Gasteiger partial charge on any atom is 0.196 e. The van der Waals surface area contributed by atoms with Crippen LogP contribution in [0.2, 0.25) is 5.02 Å². The molecule has 0 amide bonds. The number of carbonyl (C=O) groups excluding carboxylic acids is 1. The number of hydrogen-bond acceptors (Lipinski definition) is 3. The minimum absolute atomic E-state index is 0.0723. The fourth-order valence-corrected chi connectivity index (χ4v) is 2.68. The highest BCUT2D eigenvalue weighted by molar-refractivity contribution is 6.39. The van der Waals surface area contributed by atoms with Gasteiger partial charge < -0.3 is 4.52 Å². The van der Waals surface area contributed by atoms with Crippen molar-refractivity contribution in [2.24, 2.45) is 0 Å². The van der Waals surface area contributed by atoms with Crippen molar-refractivity contribution in [2.75, 3.05) is 0 Å². The Hall–Kier alpha value is -2.13. The lowest BCUT2D eigenvalue weighted by atomic mass is 9.88. The van der Waals surface area contributed by atoms with E-state index >= 15 is 0 Å². The van der Waals surface area contributed by atoms with Crippen LogP contribution in [0.25, 0.3) is 22.2 Å². The summed E-state index contributed by atoms with van der Waals surface area (Å²) in [5.74, 6) is 0.551. The Kier molecular flexibility index (Phi) is 1.76. The molecule has 0 saturated heterocycles. The minimum atomic E-state index is -0.0723. The van der Waals surface area contributed by atoms with E-state index in [1.807, 2.05) is 18.2 Å². The van der Waals surface area contributed by atoms with Crippen LogP contribution in [0, 0.1) is 0 Å². The van der Waals surface area contributed by atoms with Crippen LogP contribution >= 0.6 is 11.6 Å². The van der Waals surface area contributed by atoms with Gasteiger partial charge in [0.05, 0.1) is 16.0 Å². The van der Waals surface area contributed by atoms with Gasteiger partial charge in [-0.25, -0.2) is 0 Å². The highest BCUT2D eigenvalue weighted by Gasteiger charge is 2.30. The van der Waals surface area contributed by atoms with Gasteiger partial charge in [-0.3, -0.25) is 4.79 Å². The third kappa shape index (κ3) is 1.05. The zero-order chi connectivity index (χ0) is 12.3. The van der Waals surface area contributed by atoms with Crippen LogP contribution in [0.5, 0.6) is 0 Å². The van der Waals surface area contributed by atoms with E-state index in [4.69, 9.17) is 16.1 Å². The zero-order valence-electron chi connectivity index (χ0n) is 9.11. The van der Waals surface area contributed by atoms with Gasteiger partial charge in [0, 0.05) is 11.1 Å². The molecule has 0 saturated carbocycles. The largest absolute Gasteiger partial charge is 0.355 e. The van der Waals surface area contributed by atoms with Gasteiger partial charge in [-0.05, 0) is 12.1 Å². The molecule has 0 unspecified atom stereocenters. The predicted molar refractivity (Wildman–Crippen MR) is 67.9 cm³/mol. The number of aromatic nitrogens is 1. The van der Waals surface area contributed by atoms with Crippen LogP contribution in [-0.4, -0.2) is 10.9 Å². The van der Waals surface area contributed by atoms with Gasteiger partial charge in [-0.1, -0.05) is 41.0 Å². The molecule has 0 N–H and O–H groups in total. The third-order valence-corrected chi connectivity index (χ3v) is 3.55. The van der Waals surface area contributed by atoms with Crippen LogP contribution in [0.4, 0.5) is 0 Å². The van der Waals surface area contributed by atoms with Gasteiger partial charge in [0.15, 0.2) is 11.5 Å². The van der Waals surface area contributed by atoms with Crippen LogP contribution in [-0.2, 0) is 0 Å². The van der Waals surface area contributed by atoms with Crippen molar-refractivity contribution >= 4 is 28.3 Å². The van der Waals surface area contributed by atoms with Gasteiger partial charge in [0.2, 0.25) is 0 Å². The van der Waals surface area contributed by atoms with E-state index in [9.17, 15) is 4.79 Å². The SMILES string of the molecule is O=C1c2ccccc2-c2onc3ccc(Cl)c1c23. The van der Waals surface area contributed by atoms with E-state index in [1.54, 1.807) is 18.2 Å². The van der Waals surface area contributed by atoms with Crippen molar-refractivity contribution in [3.63, 3.8) is 0 Å². The number of benzene rings is 2. The summed E-state index contributed by atoms with van der Waals surface area (Å²) in [6.45, 7) is 0. The topological polar surface area (TPSA) is 43.1 Å². The molecule has 1 heterocycles. The normalized spacial score (nSPS) is 12.8. The second-order valence-corrected chi connectivity index (χ2v) is 4.61. The van der Waals surface area contributed by atoms with Gasteiger partial charge >= 0.3 is 0 Å². The van der Waals surface area contributed by atoms with Crippen molar-refractivity contribution in [1.29, 1.82) is 0 Å². The first-order chi connectivity index (χ1) is 8.77. The first-order valence-electron chi connectivity index (χ1n) is 5.49. The van der Waals surface area contributed by atoms with E-state index in [0.29, 0.717) is 32.8 Å². The first-order valence-corrected chi connectivity index (χ1v) is 5.87. The summed E-state index contributed by atoms with van der Waals surface area (Å²) in [5.41, 5.74) is 2.53. The molecule has 1 aliphatic rings. The molecule has 0 spiro atoms. The van der Waals surface area contributed by atoms with E-state index in [2.05, 4.69) is 5.16 Å². The highest BCUT2D eigenvalue weighted by atomic mass is 35.5. The van der Waals surface area contributed by atoms with Crippen molar-refractivity contribution in [3.05, 3.63) is 52.5 Å². The standard InChI is InChI=1S/C14H6ClNO2/c15-9-5-6-10-12-11(9)13(17)7-3-1-2-4-8(7)14(12)18-16-10/h1-6H. The molecular weight excluding hydrogens is 250 g/mol. The molecule has 18 heavy (non-hydrogen) atoms. The maximum atomic E-state index is 12.5. The summed E-state index contributed by atoms with van der Waals surface area (Å²) >= 11 is 6.14. The van der Waals surface area contributed by atoms with E-state index in [0.717, 1.165) is 5.56 Å². The molecule has 0 atom stereocenters. The Morgan fingerprint density at radius 2 is 1.83 bits per heavy atom. The van der Waals surface area contributed by atoms with Crippen molar-refractivity contribution in [2.45, 2.75) is 0 Å². The van der Waals surface area contributed by atoms with Crippen LogP contribution in [0.3, 0.4) is 0 Å². The summed E-state index contributed by atoms with van der Waals surface area (Å²) in [7, 11) is 0. The van der Waals surface area contributed by atoms with Gasteiger partial charge in [0.1, 0.15) is 5.52 Å². The number of hydrogen-bond donors (Lipinski definition) is 0. The number of fused-ring (bicyclic) bond motifs is 2. The number of rotatable bonds is 0. The second kappa shape index (κ2) is 3.21. The van der Waals surface area contributed by atoms with Crippen molar-refractivity contribution in [1.82, 2.24) is 5.16 Å². The summed E-state index contributed by atoms with van der Waals surface area (Å²) in [6.07, 6.45) is 0. The lowest BCUT2D eigenvalue weighted by molar-refractivity contribution is 0.104. The summed E-state index contributed by atoms with van der Waals surface area (Å²) in [5, 5.41) is 5.13. The van der Waals surface area contributed by atoms with E-state index < -0.39 is 0 Å². The summed E-state index contributed by atoms with van der Waals surface area (Å²) < 4.78 is 5.37. The Morgan fingerprint density at radius 3 is 2.67 bits per heavy atom. The zero-order valence-corrected chi connectivity index (χ0v) is 9.86. The number of halogens is 1. The van der Waals surface area contributed by atoms with Gasteiger partial charge in [-0.15, -0.1) is 0 Å². The molecule has 3 nitrogen and oxygen atoms in total. The number of carbonyl (C=O) groups is 1. The van der Waals surface area contributed by atoms with Crippen molar-refractivity contribution in [3.8, 4) is 11.3 Å². The first kappa shape index (κ1) is 9.85. The maximum absolute atomic E-state index is 12.5. The predicted octanol–water partition coefficient (Wildman–Crippen LogP) is 3.69. The van der Waals surface area contributed by atoms with Crippen LogP contribution in [0.1, 0.15) is 15.9 Å². The Balaban J connectivity index is 2.28. The third-order valence-electron chi connectivity index (χ3n) is 3.24. The average molecular weight is 256 g/mol. The molecule has 3 aromatic rings. The van der Waals surface area contributed by atoms with Crippen molar-refractivity contribution < 1.29 is 9.32 Å². The summed E-state index contributed by atoms with van der Waals surface area (Å²) in [4.78, 5) is 12.5. The monoisotopic (exact) mass is 255 g/mol. The average Bonchev–Trinajstić information content (AvgIpc) is 2.82. The van der Waals surface area contributed by atoms with E-state index in [-0.39, 0.29) is 5.78 Å². The molecule has 2 aromatic carbocycles. The number of nitrogens with zero attached hydrogens (tertiary/aromatic N) is 1. The van der Waals surface area contributed by atoms with Crippen LogP contribution in [0.15, 0.2) is 40.9 Å². The van der Waals surface area contributed by atoms with E-state index in [1.165, 1.54) is 0 Å². The molecule has 1 aliphatic carbocycles. The molecule has 0 fully saturated rings. The molecule has 0 radical (unpaired) electrons. The molecule has 1 aromatic heterocycles. The van der Waals surface area contributed by atoms with Gasteiger partial charge in [-0.2, -0.15) is 0 Å². The molecular formula is C14H6ClNO2.